The van der Waals surface area contributed by atoms with Gasteiger partial charge >= 0.3 is 0 Å². The fraction of sp³-hybridized carbons (Fsp3) is 0.500. The van der Waals surface area contributed by atoms with Crippen LogP contribution in [0.2, 0.25) is 0 Å². The van der Waals surface area contributed by atoms with Gasteiger partial charge in [0, 0.05) is 17.6 Å². The minimum absolute atomic E-state index is 0.663. The quantitative estimate of drug-likeness (QED) is 0.810. The van der Waals surface area contributed by atoms with E-state index in [-0.39, 0.29) is 0 Å². The third-order valence-electron chi connectivity index (χ3n) is 3.03. The van der Waals surface area contributed by atoms with Gasteiger partial charge in [0.2, 0.25) is 0 Å². The van der Waals surface area contributed by atoms with Crippen molar-refractivity contribution in [1.29, 1.82) is 0 Å². The number of nitrogens with one attached hydrogen (secondary N) is 1. The Balaban J connectivity index is 2.44. The number of hydrogen-bond acceptors (Lipinski definition) is 1. The molecule has 1 aromatic carbocycles. The lowest BCUT2D eigenvalue weighted by Crippen LogP contribution is -2.31. The molecule has 1 aliphatic heterocycles. The van der Waals surface area contributed by atoms with E-state index in [1.165, 1.54) is 15.6 Å². The highest BCUT2D eigenvalue weighted by Gasteiger charge is 2.23. The topological polar surface area (TPSA) is 12.0 Å². The minimum atomic E-state index is 0.663. The zero-order valence-corrected chi connectivity index (χ0v) is 10.3. The first-order valence-corrected chi connectivity index (χ1v) is 5.97. The van der Waals surface area contributed by atoms with E-state index >= 15 is 0 Å². The first kappa shape index (κ1) is 10.2. The van der Waals surface area contributed by atoms with E-state index in [4.69, 9.17) is 0 Å². The molecule has 0 spiro atoms. The van der Waals surface area contributed by atoms with E-state index in [2.05, 4.69) is 53.3 Å². The monoisotopic (exact) mass is 253 g/mol. The Morgan fingerprint density at radius 2 is 2.21 bits per heavy atom. The summed E-state index contributed by atoms with van der Waals surface area (Å²) in [5, 5.41) is 3.48. The van der Waals surface area contributed by atoms with Crippen molar-refractivity contribution >= 4 is 15.9 Å². The molecule has 76 valence electrons. The van der Waals surface area contributed by atoms with Gasteiger partial charge in [-0.05, 0) is 29.0 Å². The highest BCUT2D eigenvalue weighted by atomic mass is 79.9. The van der Waals surface area contributed by atoms with Crippen LogP contribution >= 0.6 is 15.9 Å². The van der Waals surface area contributed by atoms with Gasteiger partial charge in [-0.3, -0.25) is 0 Å². The molecule has 0 saturated carbocycles. The van der Waals surface area contributed by atoms with Gasteiger partial charge in [0.05, 0.1) is 0 Å². The third kappa shape index (κ3) is 1.73. The molecule has 1 unspecified atom stereocenters. The van der Waals surface area contributed by atoms with Crippen LogP contribution in [-0.4, -0.2) is 6.54 Å². The smallest absolute Gasteiger partial charge is 0.0223 e. The number of hydrogen-bond donors (Lipinski definition) is 1. The lowest BCUT2D eigenvalue weighted by atomic mass is 9.83. The van der Waals surface area contributed by atoms with Crippen molar-refractivity contribution in [3.05, 3.63) is 33.8 Å². The Morgan fingerprint density at radius 1 is 1.43 bits per heavy atom. The van der Waals surface area contributed by atoms with Gasteiger partial charge < -0.3 is 5.32 Å². The summed E-state index contributed by atoms with van der Waals surface area (Å²) in [7, 11) is 0. The molecule has 14 heavy (non-hydrogen) atoms. The molecular formula is C12H16BrN. The van der Waals surface area contributed by atoms with Crippen molar-refractivity contribution < 1.29 is 0 Å². The van der Waals surface area contributed by atoms with Crippen LogP contribution in [0.3, 0.4) is 0 Å². The first-order valence-electron chi connectivity index (χ1n) is 5.18. The average Bonchev–Trinajstić information content (AvgIpc) is 2.17. The maximum Gasteiger partial charge on any atom is 0.0223 e. The maximum atomic E-state index is 3.62. The summed E-state index contributed by atoms with van der Waals surface area (Å²) in [5.41, 5.74) is 2.96. The molecule has 0 amide bonds. The van der Waals surface area contributed by atoms with Gasteiger partial charge in [0.15, 0.2) is 0 Å². The van der Waals surface area contributed by atoms with Crippen LogP contribution in [0.25, 0.3) is 0 Å². The van der Waals surface area contributed by atoms with Crippen LogP contribution in [0.4, 0.5) is 0 Å². The predicted molar refractivity (Wildman–Crippen MR) is 63.4 cm³/mol. The molecule has 1 atom stereocenters. The Hall–Kier alpha value is -0.340. The van der Waals surface area contributed by atoms with Gasteiger partial charge in [-0.2, -0.15) is 0 Å². The van der Waals surface area contributed by atoms with Gasteiger partial charge in [0.1, 0.15) is 0 Å². The predicted octanol–water partition coefficient (Wildman–Crippen LogP) is 3.29. The summed E-state index contributed by atoms with van der Waals surface area (Å²) in [4.78, 5) is 0. The minimum Gasteiger partial charge on any atom is -0.312 e. The molecule has 1 N–H and O–H groups in total. The van der Waals surface area contributed by atoms with Crippen molar-refractivity contribution in [2.45, 2.75) is 26.3 Å². The third-order valence-corrected chi connectivity index (χ3v) is 3.77. The van der Waals surface area contributed by atoms with E-state index in [0.717, 1.165) is 13.1 Å². The molecular weight excluding hydrogens is 238 g/mol. The fourth-order valence-corrected chi connectivity index (χ4v) is 2.69. The fourth-order valence-electron chi connectivity index (χ4n) is 2.17. The van der Waals surface area contributed by atoms with Crippen LogP contribution in [0.15, 0.2) is 22.7 Å². The Kier molecular flexibility index (Phi) is 2.93. The van der Waals surface area contributed by atoms with E-state index in [9.17, 15) is 0 Å². The summed E-state index contributed by atoms with van der Waals surface area (Å²) in [5.74, 6) is 1.37. The van der Waals surface area contributed by atoms with Crippen molar-refractivity contribution in [3.63, 3.8) is 0 Å². The standard InChI is InChI=1S/C12H16BrN/c1-8(2)10-6-14-7-11-9(10)4-3-5-12(11)13/h3-5,8,10,14H,6-7H2,1-2H3. The summed E-state index contributed by atoms with van der Waals surface area (Å²) >= 11 is 3.62. The molecule has 0 aliphatic carbocycles. The highest BCUT2D eigenvalue weighted by Crippen LogP contribution is 2.33. The summed E-state index contributed by atoms with van der Waals surface area (Å²) in [6.45, 7) is 6.70. The van der Waals surface area contributed by atoms with Crippen LogP contribution in [-0.2, 0) is 6.54 Å². The molecule has 1 aliphatic rings. The van der Waals surface area contributed by atoms with Crippen molar-refractivity contribution in [2.24, 2.45) is 5.92 Å². The number of benzene rings is 1. The molecule has 0 fully saturated rings. The number of fused-ring (bicyclic) bond motifs is 1. The van der Waals surface area contributed by atoms with Crippen molar-refractivity contribution in [2.75, 3.05) is 6.54 Å². The van der Waals surface area contributed by atoms with E-state index in [0.29, 0.717) is 11.8 Å². The van der Waals surface area contributed by atoms with E-state index < -0.39 is 0 Å². The SMILES string of the molecule is CC(C)C1CNCc2c(Br)cccc21. The highest BCUT2D eigenvalue weighted by molar-refractivity contribution is 9.10. The number of halogens is 1. The molecule has 0 saturated heterocycles. The molecule has 0 radical (unpaired) electrons. The second kappa shape index (κ2) is 4.03. The van der Waals surface area contributed by atoms with Crippen LogP contribution in [0.1, 0.15) is 30.9 Å². The molecule has 2 rings (SSSR count). The summed E-state index contributed by atoms with van der Waals surface area (Å²) in [6, 6.07) is 6.54. The molecule has 2 heteroatoms. The van der Waals surface area contributed by atoms with E-state index in [1.54, 1.807) is 0 Å². The largest absolute Gasteiger partial charge is 0.312 e. The Morgan fingerprint density at radius 3 is 2.93 bits per heavy atom. The van der Waals surface area contributed by atoms with Crippen LogP contribution in [0, 0.1) is 5.92 Å². The van der Waals surface area contributed by atoms with Crippen molar-refractivity contribution in [3.8, 4) is 0 Å². The first-order chi connectivity index (χ1) is 6.70. The Bertz CT molecular complexity index is 333. The van der Waals surface area contributed by atoms with Crippen LogP contribution < -0.4 is 5.32 Å². The van der Waals surface area contributed by atoms with Crippen LogP contribution in [0.5, 0.6) is 0 Å². The maximum absolute atomic E-state index is 3.62. The Labute approximate surface area is 94.0 Å². The molecule has 1 nitrogen and oxygen atoms in total. The summed E-state index contributed by atoms with van der Waals surface area (Å²) in [6.07, 6.45) is 0. The number of rotatable bonds is 1. The van der Waals surface area contributed by atoms with Gasteiger partial charge in [-0.15, -0.1) is 0 Å². The van der Waals surface area contributed by atoms with Gasteiger partial charge in [-0.1, -0.05) is 41.9 Å². The zero-order valence-electron chi connectivity index (χ0n) is 8.68. The van der Waals surface area contributed by atoms with Crippen molar-refractivity contribution in [1.82, 2.24) is 5.32 Å². The summed E-state index contributed by atoms with van der Waals surface area (Å²) < 4.78 is 1.24. The molecule has 0 aromatic heterocycles. The van der Waals surface area contributed by atoms with Gasteiger partial charge in [0.25, 0.3) is 0 Å². The molecule has 1 aromatic rings. The average molecular weight is 254 g/mol. The van der Waals surface area contributed by atoms with Gasteiger partial charge in [-0.25, -0.2) is 0 Å². The molecule has 1 heterocycles. The van der Waals surface area contributed by atoms with E-state index in [1.807, 2.05) is 0 Å². The second-order valence-corrected chi connectivity index (χ2v) is 5.14. The zero-order chi connectivity index (χ0) is 10.1. The lowest BCUT2D eigenvalue weighted by molar-refractivity contribution is 0.435. The lowest BCUT2D eigenvalue weighted by Gasteiger charge is -2.29. The second-order valence-electron chi connectivity index (χ2n) is 4.29. The molecule has 0 bridgehead atoms. The normalized spacial score (nSPS) is 21.0.